The van der Waals surface area contributed by atoms with E-state index >= 15 is 0 Å². The van der Waals surface area contributed by atoms with Gasteiger partial charge in [0.2, 0.25) is 11.8 Å². The first kappa shape index (κ1) is 29.5. The van der Waals surface area contributed by atoms with E-state index in [1.54, 1.807) is 20.2 Å². The monoisotopic (exact) mass is 581 g/mol. The predicted octanol–water partition coefficient (Wildman–Crippen LogP) is 0.101. The molecule has 0 bridgehead atoms. The molecule has 0 spiro atoms. The zero-order valence-electron chi connectivity index (χ0n) is 23.3. The molecule has 0 radical (unpaired) electrons. The Hall–Kier alpha value is -4.00. The van der Waals surface area contributed by atoms with Crippen LogP contribution >= 0.6 is 0 Å². The zero-order chi connectivity index (χ0) is 30.8. The zero-order valence-corrected chi connectivity index (χ0v) is 23.3. The van der Waals surface area contributed by atoms with Crippen LogP contribution in [-0.4, -0.2) is 81.2 Å². The molecule has 2 fully saturated rings. The van der Waals surface area contributed by atoms with Crippen LogP contribution < -0.4 is 11.1 Å². The fourth-order valence-electron chi connectivity index (χ4n) is 7.19. The van der Waals surface area contributed by atoms with Crippen LogP contribution in [0.15, 0.2) is 30.3 Å². The van der Waals surface area contributed by atoms with Gasteiger partial charge in [-0.2, -0.15) is 0 Å². The fraction of sp³-hybridized carbons (Fsp3) is 0.433. The van der Waals surface area contributed by atoms with Crippen molar-refractivity contribution in [1.29, 1.82) is 0 Å². The van der Waals surface area contributed by atoms with Crippen LogP contribution in [0.1, 0.15) is 34.8 Å². The topological polar surface area (TPSA) is 187 Å². The molecular formula is C30H32FN3O8. The molecule has 3 aliphatic rings. The summed E-state index contributed by atoms with van der Waals surface area (Å²) in [5.41, 5.74) is 4.04. The number of aliphatic hydroxyl groups excluding tert-OH is 1. The highest BCUT2D eigenvalue weighted by atomic mass is 19.1. The van der Waals surface area contributed by atoms with Gasteiger partial charge in [0.15, 0.2) is 23.0 Å². The van der Waals surface area contributed by atoms with Gasteiger partial charge < -0.3 is 31.3 Å². The van der Waals surface area contributed by atoms with E-state index in [1.807, 2.05) is 0 Å². The van der Waals surface area contributed by atoms with Gasteiger partial charge in [-0.05, 0) is 67.7 Å². The SMILES string of the molecule is CC(=O)NCc1cc(-c2ccc(F)cc2)c2c(c1O)C(=O)C1C(=O)[C@@]3(O)C(=O)C(C(N)=O)C(O)[C@H](N(C)C)[C@H]3C[C@H]1C2. The maximum Gasteiger partial charge on any atom is 0.230 e. The number of fused-ring (bicyclic) bond motifs is 3. The lowest BCUT2D eigenvalue weighted by Gasteiger charge is -2.55. The molecule has 6 N–H and O–H groups in total. The van der Waals surface area contributed by atoms with Gasteiger partial charge in [0, 0.05) is 31.0 Å². The first-order valence-corrected chi connectivity index (χ1v) is 13.6. The number of Topliss-reactive ketones (excluding diaryl/α,β-unsaturated/α-hetero) is 3. The highest BCUT2D eigenvalue weighted by Gasteiger charge is 2.69. The Morgan fingerprint density at radius 1 is 1.14 bits per heavy atom. The minimum Gasteiger partial charge on any atom is -0.507 e. The van der Waals surface area contributed by atoms with Gasteiger partial charge in [0.05, 0.1) is 17.6 Å². The van der Waals surface area contributed by atoms with E-state index in [0.717, 1.165) is 0 Å². The van der Waals surface area contributed by atoms with Gasteiger partial charge in [0.1, 0.15) is 17.5 Å². The Kier molecular flexibility index (Phi) is 7.28. The molecule has 3 aliphatic carbocycles. The number of aliphatic hydroxyl groups is 2. The fourth-order valence-corrected chi connectivity index (χ4v) is 7.19. The van der Waals surface area contributed by atoms with Crippen molar-refractivity contribution in [3.8, 4) is 16.9 Å². The van der Waals surface area contributed by atoms with Gasteiger partial charge in [0.25, 0.3) is 0 Å². The van der Waals surface area contributed by atoms with Crippen molar-refractivity contribution >= 4 is 29.2 Å². The maximum absolute atomic E-state index is 14.1. The van der Waals surface area contributed by atoms with Gasteiger partial charge in [-0.25, -0.2) is 4.39 Å². The molecule has 2 saturated carbocycles. The summed E-state index contributed by atoms with van der Waals surface area (Å²) in [4.78, 5) is 67.0. The maximum atomic E-state index is 14.1. The summed E-state index contributed by atoms with van der Waals surface area (Å²) in [6.07, 6.45) is -1.55. The Morgan fingerprint density at radius 2 is 1.79 bits per heavy atom. The van der Waals surface area contributed by atoms with Crippen molar-refractivity contribution in [2.75, 3.05) is 14.1 Å². The second-order valence-electron chi connectivity index (χ2n) is 11.7. The van der Waals surface area contributed by atoms with Crippen molar-refractivity contribution < 1.29 is 43.7 Å². The van der Waals surface area contributed by atoms with E-state index in [4.69, 9.17) is 5.73 Å². The molecule has 2 amide bonds. The van der Waals surface area contributed by atoms with Gasteiger partial charge in [-0.3, -0.25) is 24.0 Å². The number of rotatable bonds is 5. The van der Waals surface area contributed by atoms with E-state index in [0.29, 0.717) is 16.7 Å². The largest absolute Gasteiger partial charge is 0.507 e. The molecule has 42 heavy (non-hydrogen) atoms. The quantitative estimate of drug-likeness (QED) is 0.305. The standard InChI is InChI=1S/C30H32FN3O8/c1-12(35)33-11-15-9-17(13-4-6-16(31)7-5-13)18-8-14-10-19-23(34(2)3)26(38)22(29(32)41)28(40)30(19,42)27(39)20(14)25(37)21(18)24(15)36/h4-7,9,14,19-20,22-23,26,36,38,42H,8,10-11H2,1-3H3,(H2,32,41)(H,33,35)/t14-,19-,20?,22?,23-,26?,30-/m1/s1. The van der Waals surface area contributed by atoms with E-state index < -0.39 is 82.1 Å². The highest BCUT2D eigenvalue weighted by Crippen LogP contribution is 2.52. The van der Waals surface area contributed by atoms with Crippen molar-refractivity contribution in [2.45, 2.75) is 44.1 Å². The third kappa shape index (κ3) is 4.32. The first-order valence-electron chi connectivity index (χ1n) is 13.6. The highest BCUT2D eigenvalue weighted by molar-refractivity contribution is 6.25. The molecule has 0 saturated heterocycles. The summed E-state index contributed by atoms with van der Waals surface area (Å²) in [6, 6.07) is 6.08. The normalized spacial score (nSPS) is 30.4. The Labute approximate surface area is 240 Å². The Bertz CT molecular complexity index is 1520. The summed E-state index contributed by atoms with van der Waals surface area (Å²) in [7, 11) is 3.14. The molecule has 12 heteroatoms. The average molecular weight is 582 g/mol. The molecule has 11 nitrogen and oxygen atoms in total. The first-order chi connectivity index (χ1) is 19.7. The molecule has 0 aromatic heterocycles. The van der Waals surface area contributed by atoms with Crippen molar-refractivity contribution in [1.82, 2.24) is 10.2 Å². The summed E-state index contributed by atoms with van der Waals surface area (Å²) in [5.74, 6) is -11.0. The van der Waals surface area contributed by atoms with Crippen molar-refractivity contribution in [3.63, 3.8) is 0 Å². The summed E-state index contributed by atoms with van der Waals surface area (Å²) < 4.78 is 13.8. The predicted molar refractivity (Wildman–Crippen MR) is 145 cm³/mol. The van der Waals surface area contributed by atoms with Crippen LogP contribution in [0.3, 0.4) is 0 Å². The summed E-state index contributed by atoms with van der Waals surface area (Å²) in [6.45, 7) is 1.13. The number of likely N-dealkylation sites (N-methyl/N-ethyl adjacent to an activating group) is 1. The number of amides is 2. The van der Waals surface area contributed by atoms with Gasteiger partial charge >= 0.3 is 0 Å². The number of hydrogen-bond acceptors (Lipinski definition) is 9. The number of nitrogens with two attached hydrogens (primary N) is 1. The van der Waals surface area contributed by atoms with E-state index in [2.05, 4.69) is 5.32 Å². The lowest BCUT2D eigenvalue weighted by molar-refractivity contribution is -0.190. The molecule has 2 aromatic carbocycles. The van der Waals surface area contributed by atoms with E-state index in [1.165, 1.54) is 36.1 Å². The van der Waals surface area contributed by atoms with Gasteiger partial charge in [-0.15, -0.1) is 0 Å². The Balaban J connectivity index is 1.68. The number of carbonyl (C=O) groups is 5. The van der Waals surface area contributed by atoms with Crippen LogP contribution in [0.5, 0.6) is 5.75 Å². The second kappa shape index (κ2) is 10.4. The average Bonchev–Trinajstić information content (AvgIpc) is 2.90. The molecule has 0 heterocycles. The minimum absolute atomic E-state index is 0.0352. The lowest BCUT2D eigenvalue weighted by atomic mass is 9.52. The molecule has 222 valence electrons. The van der Waals surface area contributed by atoms with Crippen molar-refractivity contribution in [2.24, 2.45) is 29.4 Å². The molecular weight excluding hydrogens is 549 g/mol. The van der Waals surface area contributed by atoms with Gasteiger partial charge in [-0.1, -0.05) is 12.1 Å². The summed E-state index contributed by atoms with van der Waals surface area (Å²) >= 11 is 0. The van der Waals surface area contributed by atoms with E-state index in [-0.39, 0.29) is 30.5 Å². The number of ketones is 3. The third-order valence-corrected chi connectivity index (χ3v) is 9.05. The minimum atomic E-state index is -2.77. The molecule has 3 unspecified atom stereocenters. The van der Waals surface area contributed by atoms with Crippen LogP contribution in [0.25, 0.3) is 11.1 Å². The smallest absolute Gasteiger partial charge is 0.230 e. The van der Waals surface area contributed by atoms with Crippen LogP contribution in [-0.2, 0) is 32.1 Å². The Morgan fingerprint density at radius 3 is 2.36 bits per heavy atom. The van der Waals surface area contributed by atoms with E-state index in [9.17, 15) is 43.7 Å². The third-order valence-electron chi connectivity index (χ3n) is 9.05. The number of nitrogens with zero attached hydrogens (tertiary/aromatic N) is 1. The van der Waals surface area contributed by atoms with Crippen molar-refractivity contribution in [3.05, 3.63) is 52.8 Å². The van der Waals surface area contributed by atoms with Crippen LogP contribution in [0.2, 0.25) is 0 Å². The number of benzene rings is 2. The number of phenols is 1. The number of carbonyl (C=O) groups excluding carboxylic acids is 5. The summed E-state index contributed by atoms with van der Waals surface area (Å²) in [5, 5.41) is 36.6. The number of hydrogen-bond donors (Lipinski definition) is 5. The number of phenolic OH excluding ortho intramolecular Hbond substituents is 1. The number of nitrogens with one attached hydrogen (secondary N) is 1. The van der Waals surface area contributed by atoms with Crippen LogP contribution in [0.4, 0.5) is 4.39 Å². The molecule has 7 atom stereocenters. The molecule has 0 aliphatic heterocycles. The number of primary amides is 1. The lowest BCUT2D eigenvalue weighted by Crippen LogP contribution is -2.75. The number of aromatic hydroxyl groups is 1. The molecule has 2 aromatic rings. The molecule has 5 rings (SSSR count). The second-order valence-corrected chi connectivity index (χ2v) is 11.7. The number of halogens is 1. The van der Waals surface area contributed by atoms with Crippen LogP contribution in [0, 0.1) is 29.5 Å².